The number of hydrogen-bond acceptors (Lipinski definition) is 3. The van der Waals surface area contributed by atoms with Crippen molar-refractivity contribution in [2.75, 3.05) is 13.1 Å². The molecule has 0 radical (unpaired) electrons. The summed E-state index contributed by atoms with van der Waals surface area (Å²) < 4.78 is 1.98. The van der Waals surface area contributed by atoms with Crippen LogP contribution in [0.4, 0.5) is 0 Å². The zero-order valence-electron chi connectivity index (χ0n) is 10.5. The highest BCUT2D eigenvalue weighted by atomic mass is 15.3. The van der Waals surface area contributed by atoms with Crippen LogP contribution < -0.4 is 0 Å². The van der Waals surface area contributed by atoms with Gasteiger partial charge in [0.15, 0.2) is 0 Å². The molecule has 1 atom stereocenters. The lowest BCUT2D eigenvalue weighted by atomic mass is 10.1. The first-order valence-corrected chi connectivity index (χ1v) is 6.98. The maximum atomic E-state index is 4.22. The average molecular weight is 234 g/mol. The summed E-state index contributed by atoms with van der Waals surface area (Å²) in [4.78, 5) is 6.72. The van der Waals surface area contributed by atoms with E-state index in [1.165, 1.54) is 51.6 Å². The summed E-state index contributed by atoms with van der Waals surface area (Å²) in [6.07, 6.45) is 12.0. The van der Waals surface area contributed by atoms with Gasteiger partial charge in [0.05, 0.1) is 6.54 Å². The van der Waals surface area contributed by atoms with E-state index < -0.39 is 0 Å². The van der Waals surface area contributed by atoms with Gasteiger partial charge in [-0.1, -0.05) is 12.8 Å². The molecular weight excluding hydrogens is 212 g/mol. The second-order valence-electron chi connectivity index (χ2n) is 5.56. The van der Waals surface area contributed by atoms with Crippen LogP contribution >= 0.6 is 0 Å². The quantitative estimate of drug-likeness (QED) is 0.798. The van der Waals surface area contributed by atoms with Crippen molar-refractivity contribution >= 4 is 0 Å². The second-order valence-corrected chi connectivity index (χ2v) is 5.56. The molecular formula is C13H22N4. The monoisotopic (exact) mass is 234 g/mol. The van der Waals surface area contributed by atoms with Crippen molar-refractivity contribution in [1.29, 1.82) is 0 Å². The molecule has 0 aromatic carbocycles. The SMILES string of the molecule is c1ncn(CC2CCCN2CC2CCCC2)n1. The topological polar surface area (TPSA) is 34.0 Å². The van der Waals surface area contributed by atoms with Crippen LogP contribution in [0.2, 0.25) is 0 Å². The number of hydrogen-bond donors (Lipinski definition) is 0. The van der Waals surface area contributed by atoms with Gasteiger partial charge < -0.3 is 0 Å². The fraction of sp³-hybridized carbons (Fsp3) is 0.846. The molecule has 0 spiro atoms. The molecule has 0 N–H and O–H groups in total. The van der Waals surface area contributed by atoms with Crippen molar-refractivity contribution in [2.24, 2.45) is 5.92 Å². The maximum Gasteiger partial charge on any atom is 0.137 e. The lowest BCUT2D eigenvalue weighted by Gasteiger charge is -2.27. The highest BCUT2D eigenvalue weighted by Crippen LogP contribution is 2.28. The van der Waals surface area contributed by atoms with E-state index in [2.05, 4.69) is 15.0 Å². The normalized spacial score (nSPS) is 26.9. The van der Waals surface area contributed by atoms with Gasteiger partial charge in [-0.25, -0.2) is 4.98 Å². The molecule has 1 saturated carbocycles. The minimum absolute atomic E-state index is 0.692. The van der Waals surface area contributed by atoms with Crippen LogP contribution in [-0.4, -0.2) is 38.8 Å². The van der Waals surface area contributed by atoms with Crippen LogP contribution in [0.1, 0.15) is 38.5 Å². The van der Waals surface area contributed by atoms with E-state index in [0.717, 1.165) is 12.5 Å². The molecule has 4 heteroatoms. The Morgan fingerprint density at radius 1 is 1.06 bits per heavy atom. The standard InChI is InChI=1S/C13H22N4/c1-2-5-12(4-1)8-16-7-3-6-13(16)9-17-11-14-10-15-17/h10-13H,1-9H2. The number of rotatable bonds is 4. The summed E-state index contributed by atoms with van der Waals surface area (Å²) in [7, 11) is 0. The summed E-state index contributed by atoms with van der Waals surface area (Å²) >= 11 is 0. The summed E-state index contributed by atoms with van der Waals surface area (Å²) in [5.41, 5.74) is 0. The number of aromatic nitrogens is 3. The molecule has 3 rings (SSSR count). The maximum absolute atomic E-state index is 4.22. The third-order valence-electron chi connectivity index (χ3n) is 4.33. The Kier molecular flexibility index (Phi) is 3.41. The second kappa shape index (κ2) is 5.17. The largest absolute Gasteiger partial charge is 0.298 e. The Morgan fingerprint density at radius 2 is 1.94 bits per heavy atom. The third kappa shape index (κ3) is 2.68. The van der Waals surface area contributed by atoms with Crippen molar-refractivity contribution in [1.82, 2.24) is 19.7 Å². The molecule has 2 aliphatic rings. The van der Waals surface area contributed by atoms with Crippen molar-refractivity contribution in [3.05, 3.63) is 12.7 Å². The van der Waals surface area contributed by atoms with Gasteiger partial charge in [0.25, 0.3) is 0 Å². The van der Waals surface area contributed by atoms with E-state index in [1.54, 1.807) is 6.33 Å². The van der Waals surface area contributed by atoms with Gasteiger partial charge in [-0.2, -0.15) is 5.10 Å². The first-order valence-electron chi connectivity index (χ1n) is 6.98. The zero-order valence-corrected chi connectivity index (χ0v) is 10.5. The van der Waals surface area contributed by atoms with E-state index >= 15 is 0 Å². The first kappa shape index (κ1) is 11.2. The fourth-order valence-electron chi connectivity index (χ4n) is 3.41. The average Bonchev–Trinajstić information content (AvgIpc) is 3.04. The van der Waals surface area contributed by atoms with E-state index in [-0.39, 0.29) is 0 Å². The highest BCUT2D eigenvalue weighted by Gasteiger charge is 2.28. The molecule has 94 valence electrons. The van der Waals surface area contributed by atoms with E-state index in [1.807, 2.05) is 11.0 Å². The van der Waals surface area contributed by atoms with E-state index in [4.69, 9.17) is 0 Å². The Labute approximate surface area is 103 Å². The third-order valence-corrected chi connectivity index (χ3v) is 4.33. The molecule has 1 aliphatic carbocycles. The highest BCUT2D eigenvalue weighted by molar-refractivity contribution is 4.82. The minimum atomic E-state index is 0.692. The lowest BCUT2D eigenvalue weighted by Crippen LogP contribution is -2.36. The van der Waals surface area contributed by atoms with Crippen LogP contribution in [0.3, 0.4) is 0 Å². The minimum Gasteiger partial charge on any atom is -0.298 e. The van der Waals surface area contributed by atoms with Gasteiger partial charge in [-0.05, 0) is 38.1 Å². The van der Waals surface area contributed by atoms with Crippen LogP contribution in [0.15, 0.2) is 12.7 Å². The van der Waals surface area contributed by atoms with Crippen LogP contribution in [0.5, 0.6) is 0 Å². The Balaban J connectivity index is 1.55. The van der Waals surface area contributed by atoms with Gasteiger partial charge in [0, 0.05) is 12.6 Å². The molecule has 1 aromatic rings. The Morgan fingerprint density at radius 3 is 2.71 bits per heavy atom. The molecule has 2 heterocycles. The predicted molar refractivity (Wildman–Crippen MR) is 66.6 cm³/mol. The lowest BCUT2D eigenvalue weighted by molar-refractivity contribution is 0.195. The van der Waals surface area contributed by atoms with Crippen LogP contribution in [0.25, 0.3) is 0 Å². The predicted octanol–water partition coefficient (Wildman–Crippen LogP) is 1.93. The van der Waals surface area contributed by atoms with Gasteiger partial charge in [-0.15, -0.1) is 0 Å². The first-order chi connectivity index (χ1) is 8.42. The van der Waals surface area contributed by atoms with Crippen LogP contribution in [-0.2, 0) is 6.54 Å². The summed E-state index contributed by atoms with van der Waals surface area (Å²) in [6.45, 7) is 3.63. The van der Waals surface area contributed by atoms with Crippen molar-refractivity contribution in [2.45, 2.75) is 51.1 Å². The van der Waals surface area contributed by atoms with Crippen molar-refractivity contribution < 1.29 is 0 Å². The summed E-state index contributed by atoms with van der Waals surface area (Å²) in [6, 6.07) is 0.692. The van der Waals surface area contributed by atoms with Gasteiger partial charge in [0.1, 0.15) is 12.7 Å². The van der Waals surface area contributed by atoms with E-state index in [9.17, 15) is 0 Å². The van der Waals surface area contributed by atoms with Crippen LogP contribution in [0, 0.1) is 5.92 Å². The molecule has 1 aromatic heterocycles. The number of likely N-dealkylation sites (tertiary alicyclic amines) is 1. The molecule has 0 amide bonds. The molecule has 1 saturated heterocycles. The van der Waals surface area contributed by atoms with Gasteiger partial charge in [0.2, 0.25) is 0 Å². The molecule has 1 unspecified atom stereocenters. The molecule has 1 aliphatic heterocycles. The molecule has 0 bridgehead atoms. The molecule has 17 heavy (non-hydrogen) atoms. The van der Waals surface area contributed by atoms with E-state index in [0.29, 0.717) is 6.04 Å². The fourth-order valence-corrected chi connectivity index (χ4v) is 3.41. The summed E-state index contributed by atoms with van der Waals surface area (Å²) in [5, 5.41) is 4.22. The van der Waals surface area contributed by atoms with Gasteiger partial charge >= 0.3 is 0 Å². The Bertz CT molecular complexity index is 329. The number of nitrogens with zero attached hydrogens (tertiary/aromatic N) is 4. The Hall–Kier alpha value is -0.900. The molecule has 2 fully saturated rings. The van der Waals surface area contributed by atoms with Crippen molar-refractivity contribution in [3.8, 4) is 0 Å². The molecule has 4 nitrogen and oxygen atoms in total. The summed E-state index contributed by atoms with van der Waals surface area (Å²) in [5.74, 6) is 0.964. The van der Waals surface area contributed by atoms with Gasteiger partial charge in [-0.3, -0.25) is 9.58 Å². The van der Waals surface area contributed by atoms with Crippen molar-refractivity contribution in [3.63, 3.8) is 0 Å². The smallest absolute Gasteiger partial charge is 0.137 e. The zero-order chi connectivity index (χ0) is 11.5.